The fourth-order valence-corrected chi connectivity index (χ4v) is 7.05. The van der Waals surface area contributed by atoms with Crippen molar-refractivity contribution in [1.82, 2.24) is 0 Å². The summed E-state index contributed by atoms with van der Waals surface area (Å²) in [5, 5.41) is 3.13. The second-order valence-electron chi connectivity index (χ2n) is 6.79. The topological polar surface area (TPSA) is 0 Å². The van der Waals surface area contributed by atoms with E-state index >= 15 is 0 Å². The number of hydrogen-bond acceptors (Lipinski definition) is 0. The van der Waals surface area contributed by atoms with Gasteiger partial charge in [-0.15, -0.1) is 0 Å². The Hall–Kier alpha value is -1.60. The molecule has 4 rings (SSSR count). The number of hydrogen-bond donors (Lipinski definition) is 0. The third-order valence-electron chi connectivity index (χ3n) is 5.43. The number of rotatable bonds is 5. The van der Waals surface area contributed by atoms with Gasteiger partial charge in [0.2, 0.25) is 0 Å². The van der Waals surface area contributed by atoms with E-state index in [9.17, 15) is 0 Å². The van der Waals surface area contributed by atoms with E-state index in [1.807, 2.05) is 0 Å². The molecule has 1 saturated carbocycles. The van der Waals surface area contributed by atoms with Gasteiger partial charge in [-0.1, -0.05) is 95.7 Å². The minimum Gasteiger partial charge on any atom is -0.0851 e. The third kappa shape index (κ3) is 2.82. The van der Waals surface area contributed by atoms with Crippen molar-refractivity contribution in [2.45, 2.75) is 25.3 Å². The van der Waals surface area contributed by atoms with Crippen molar-refractivity contribution < 1.29 is 0 Å². The van der Waals surface area contributed by atoms with Crippen molar-refractivity contribution in [3.63, 3.8) is 0 Å². The molecule has 0 saturated heterocycles. The molecule has 1 heteroatoms. The van der Waals surface area contributed by atoms with Gasteiger partial charge in [-0.05, 0) is 30.6 Å². The minimum absolute atomic E-state index is 0.627. The Labute approximate surface area is 135 Å². The number of allylic oxidation sites excluding steroid dienone is 2. The fourth-order valence-electron chi connectivity index (χ4n) is 4.29. The molecule has 3 atom stereocenters. The van der Waals surface area contributed by atoms with Crippen molar-refractivity contribution in [1.29, 1.82) is 0 Å². The van der Waals surface area contributed by atoms with Gasteiger partial charge in [-0.25, -0.2) is 0 Å². The average Bonchev–Trinajstić information content (AvgIpc) is 3.20. The molecular formula is C21H23Si. The van der Waals surface area contributed by atoms with Crippen LogP contribution in [-0.2, 0) is 0 Å². The van der Waals surface area contributed by atoms with Crippen LogP contribution in [0.25, 0.3) is 0 Å². The van der Waals surface area contributed by atoms with Gasteiger partial charge in [-0.3, -0.25) is 0 Å². The monoisotopic (exact) mass is 303 g/mol. The van der Waals surface area contributed by atoms with Crippen LogP contribution in [0.1, 0.15) is 19.3 Å². The summed E-state index contributed by atoms with van der Waals surface area (Å²) in [7, 11) is -0.627. The standard InChI is InChI=1S/C21H23Si/c1-3-7-20(8-4-1)22(21-9-5-2-6-10-21)14-13-19-16-17-11-12-18(19)15-17/h1-12,17-19H,13-16H2. The quantitative estimate of drug-likeness (QED) is 0.580. The lowest BCUT2D eigenvalue weighted by Crippen LogP contribution is -2.42. The zero-order valence-electron chi connectivity index (χ0n) is 13.0. The van der Waals surface area contributed by atoms with E-state index in [0.717, 1.165) is 17.8 Å². The van der Waals surface area contributed by atoms with Crippen molar-refractivity contribution in [2.24, 2.45) is 17.8 Å². The second kappa shape index (κ2) is 6.25. The molecule has 2 aliphatic rings. The van der Waals surface area contributed by atoms with Crippen molar-refractivity contribution >= 4 is 19.2 Å². The summed E-state index contributed by atoms with van der Waals surface area (Å²) in [6, 6.07) is 23.8. The highest BCUT2D eigenvalue weighted by Crippen LogP contribution is 2.45. The molecule has 2 aliphatic carbocycles. The van der Waals surface area contributed by atoms with E-state index in [1.54, 1.807) is 10.4 Å². The molecule has 0 spiro atoms. The molecule has 0 nitrogen and oxygen atoms in total. The zero-order chi connectivity index (χ0) is 14.8. The van der Waals surface area contributed by atoms with Gasteiger partial charge in [0.25, 0.3) is 0 Å². The van der Waals surface area contributed by atoms with E-state index in [2.05, 4.69) is 72.8 Å². The lowest BCUT2D eigenvalue weighted by molar-refractivity contribution is 0.433. The molecule has 2 aromatic carbocycles. The first-order valence-electron chi connectivity index (χ1n) is 8.55. The van der Waals surface area contributed by atoms with E-state index < -0.39 is 8.80 Å². The Morgan fingerprint density at radius 3 is 1.91 bits per heavy atom. The van der Waals surface area contributed by atoms with Crippen molar-refractivity contribution in [2.75, 3.05) is 0 Å². The number of benzene rings is 2. The van der Waals surface area contributed by atoms with Crippen molar-refractivity contribution in [3.05, 3.63) is 72.8 Å². The highest BCUT2D eigenvalue weighted by Gasteiger charge is 2.35. The van der Waals surface area contributed by atoms with Crippen LogP contribution in [0.3, 0.4) is 0 Å². The van der Waals surface area contributed by atoms with Crippen LogP contribution in [-0.4, -0.2) is 8.80 Å². The van der Waals surface area contributed by atoms with Gasteiger partial charge >= 0.3 is 0 Å². The predicted molar refractivity (Wildman–Crippen MR) is 96.2 cm³/mol. The van der Waals surface area contributed by atoms with Gasteiger partial charge in [0.15, 0.2) is 0 Å². The zero-order valence-corrected chi connectivity index (χ0v) is 14.0. The summed E-state index contributed by atoms with van der Waals surface area (Å²) >= 11 is 0. The maximum atomic E-state index is 2.50. The van der Waals surface area contributed by atoms with Crippen LogP contribution in [0, 0.1) is 17.8 Å². The molecule has 0 heterocycles. The van der Waals surface area contributed by atoms with Crippen LogP contribution < -0.4 is 10.4 Å². The van der Waals surface area contributed by atoms with Crippen LogP contribution >= 0.6 is 0 Å². The van der Waals surface area contributed by atoms with Gasteiger partial charge < -0.3 is 0 Å². The maximum Gasteiger partial charge on any atom is 0.121 e. The van der Waals surface area contributed by atoms with E-state index in [4.69, 9.17) is 0 Å². The minimum atomic E-state index is -0.627. The smallest absolute Gasteiger partial charge is 0.0851 e. The molecule has 22 heavy (non-hydrogen) atoms. The molecular weight excluding hydrogens is 280 g/mol. The largest absolute Gasteiger partial charge is 0.121 e. The summed E-state index contributed by atoms with van der Waals surface area (Å²) in [5.74, 6) is 2.74. The lowest BCUT2D eigenvalue weighted by atomic mass is 9.91. The van der Waals surface area contributed by atoms with Crippen LogP contribution in [0.15, 0.2) is 72.8 Å². The molecule has 0 amide bonds. The van der Waals surface area contributed by atoms with Crippen LogP contribution in [0.5, 0.6) is 0 Å². The number of fused-ring (bicyclic) bond motifs is 2. The highest BCUT2D eigenvalue weighted by atomic mass is 28.3. The van der Waals surface area contributed by atoms with E-state index in [-0.39, 0.29) is 0 Å². The molecule has 111 valence electrons. The van der Waals surface area contributed by atoms with Gasteiger partial charge in [0, 0.05) is 0 Å². The maximum absolute atomic E-state index is 2.50. The molecule has 1 fully saturated rings. The van der Waals surface area contributed by atoms with E-state index in [0.29, 0.717) is 0 Å². The molecule has 2 aromatic rings. The first-order valence-corrected chi connectivity index (χ1v) is 10.3. The molecule has 2 bridgehead atoms. The summed E-state index contributed by atoms with van der Waals surface area (Å²) in [6.07, 6.45) is 9.24. The lowest BCUT2D eigenvalue weighted by Gasteiger charge is -2.22. The Kier molecular flexibility index (Phi) is 3.99. The summed E-state index contributed by atoms with van der Waals surface area (Å²) in [6.45, 7) is 0. The highest BCUT2D eigenvalue weighted by molar-refractivity contribution is 6.85. The van der Waals surface area contributed by atoms with E-state index in [1.165, 1.54) is 25.3 Å². The fraction of sp³-hybridized carbons (Fsp3) is 0.333. The SMILES string of the molecule is C1=CC2CC1CC2CC[Si](c1ccccc1)c1ccccc1. The Bertz CT molecular complexity index is 592. The Balaban J connectivity index is 1.52. The Morgan fingerprint density at radius 1 is 0.773 bits per heavy atom. The predicted octanol–water partition coefficient (Wildman–Crippen LogP) is 3.90. The van der Waals surface area contributed by atoms with Crippen LogP contribution in [0.4, 0.5) is 0 Å². The first kappa shape index (κ1) is 14.0. The molecule has 0 aromatic heterocycles. The molecule has 3 unspecified atom stereocenters. The summed E-state index contributed by atoms with van der Waals surface area (Å²) < 4.78 is 0. The molecule has 0 N–H and O–H groups in total. The van der Waals surface area contributed by atoms with Gasteiger partial charge in [0.1, 0.15) is 8.80 Å². The summed E-state index contributed by atoms with van der Waals surface area (Å²) in [5.41, 5.74) is 0. The normalized spacial score (nSPS) is 26.0. The Morgan fingerprint density at radius 2 is 1.41 bits per heavy atom. The van der Waals surface area contributed by atoms with Crippen molar-refractivity contribution in [3.8, 4) is 0 Å². The average molecular weight is 304 g/mol. The second-order valence-corrected chi connectivity index (χ2v) is 9.40. The van der Waals surface area contributed by atoms with Gasteiger partial charge in [-0.2, -0.15) is 0 Å². The molecule has 1 radical (unpaired) electrons. The van der Waals surface area contributed by atoms with Gasteiger partial charge in [0.05, 0.1) is 0 Å². The molecule has 0 aliphatic heterocycles. The third-order valence-corrected chi connectivity index (χ3v) is 8.28. The van der Waals surface area contributed by atoms with Crippen LogP contribution in [0.2, 0.25) is 6.04 Å². The summed E-state index contributed by atoms with van der Waals surface area (Å²) in [4.78, 5) is 0. The first-order chi connectivity index (χ1) is 10.9.